The molecular weight excluding hydrogens is 488 g/mol. The number of aliphatic hydroxyl groups is 1. The van der Waals surface area contributed by atoms with Gasteiger partial charge in [0.1, 0.15) is 5.76 Å². The molecule has 7 nitrogen and oxygen atoms in total. The van der Waals surface area contributed by atoms with Crippen LogP contribution in [-0.2, 0) is 9.59 Å². The van der Waals surface area contributed by atoms with Crippen LogP contribution in [-0.4, -0.2) is 35.5 Å². The molecule has 37 heavy (non-hydrogen) atoms. The highest BCUT2D eigenvalue weighted by Gasteiger charge is 2.48. The number of fused-ring (bicyclic) bond motifs is 1. The van der Waals surface area contributed by atoms with Crippen molar-refractivity contribution in [2.75, 3.05) is 18.6 Å². The highest BCUT2D eigenvalue weighted by atomic mass is 32.1. The van der Waals surface area contributed by atoms with Crippen LogP contribution in [0.15, 0.2) is 66.2 Å². The van der Waals surface area contributed by atoms with Gasteiger partial charge in [-0.05, 0) is 55.7 Å². The number of aliphatic hydroxyl groups excluding tert-OH is 1. The predicted octanol–water partition coefficient (Wildman–Crippen LogP) is 5.95. The number of ether oxygens (including phenoxy) is 2. The zero-order chi connectivity index (χ0) is 26.3. The molecule has 5 rings (SSSR count). The Hall–Kier alpha value is -4.17. The number of hydrogen-bond donors (Lipinski definition) is 1. The summed E-state index contributed by atoms with van der Waals surface area (Å²) < 4.78 is 12.1. The molecule has 4 aromatic rings. The molecule has 1 atom stereocenters. The van der Waals surface area contributed by atoms with Crippen molar-refractivity contribution in [1.29, 1.82) is 0 Å². The van der Waals surface area contributed by atoms with Gasteiger partial charge in [-0.1, -0.05) is 53.8 Å². The topological polar surface area (TPSA) is 89.0 Å². The Morgan fingerprint density at radius 1 is 1.05 bits per heavy atom. The third-order valence-corrected chi connectivity index (χ3v) is 7.32. The summed E-state index contributed by atoms with van der Waals surface area (Å²) in [7, 11) is 1.53. The molecule has 188 valence electrons. The summed E-state index contributed by atoms with van der Waals surface area (Å²) in [5, 5.41) is 11.7. The quantitative estimate of drug-likeness (QED) is 0.194. The van der Waals surface area contributed by atoms with Crippen LogP contribution < -0.4 is 14.4 Å². The van der Waals surface area contributed by atoms with Gasteiger partial charge in [0.15, 0.2) is 16.6 Å². The van der Waals surface area contributed by atoms with Crippen LogP contribution in [0, 0.1) is 13.8 Å². The zero-order valence-electron chi connectivity index (χ0n) is 20.9. The smallest absolute Gasteiger partial charge is 0.301 e. The number of aryl methyl sites for hydroxylation is 2. The van der Waals surface area contributed by atoms with Crippen LogP contribution in [0.4, 0.5) is 5.13 Å². The average molecular weight is 515 g/mol. The summed E-state index contributed by atoms with van der Waals surface area (Å²) in [6.45, 7) is 6.30. The van der Waals surface area contributed by atoms with E-state index in [2.05, 4.69) is 0 Å². The lowest BCUT2D eigenvalue weighted by atomic mass is 9.95. The van der Waals surface area contributed by atoms with Crippen LogP contribution in [0.5, 0.6) is 11.5 Å². The van der Waals surface area contributed by atoms with Gasteiger partial charge in [0, 0.05) is 5.56 Å². The van der Waals surface area contributed by atoms with Crippen LogP contribution in [0.2, 0.25) is 0 Å². The Balaban J connectivity index is 1.75. The minimum atomic E-state index is -0.910. The van der Waals surface area contributed by atoms with Crippen molar-refractivity contribution in [1.82, 2.24) is 4.98 Å². The fourth-order valence-corrected chi connectivity index (χ4v) is 5.86. The van der Waals surface area contributed by atoms with E-state index in [0.717, 1.165) is 21.3 Å². The van der Waals surface area contributed by atoms with Crippen molar-refractivity contribution in [2.24, 2.45) is 0 Å². The minimum absolute atomic E-state index is 0.00503. The molecule has 0 saturated carbocycles. The van der Waals surface area contributed by atoms with Crippen LogP contribution in [0.3, 0.4) is 0 Å². The van der Waals surface area contributed by atoms with Crippen LogP contribution >= 0.6 is 11.3 Å². The molecule has 1 aliphatic rings. The fraction of sp³-hybridized carbons (Fsp3) is 0.207. The number of methoxy groups -OCH3 is 1. The average Bonchev–Trinajstić information content (AvgIpc) is 3.43. The Morgan fingerprint density at radius 2 is 1.81 bits per heavy atom. The summed E-state index contributed by atoms with van der Waals surface area (Å²) in [6, 6.07) is 17.1. The van der Waals surface area contributed by atoms with Gasteiger partial charge in [-0.15, -0.1) is 0 Å². The summed E-state index contributed by atoms with van der Waals surface area (Å²) in [4.78, 5) is 33.1. The highest BCUT2D eigenvalue weighted by Crippen LogP contribution is 2.46. The highest BCUT2D eigenvalue weighted by molar-refractivity contribution is 7.22. The summed E-state index contributed by atoms with van der Waals surface area (Å²) in [5.74, 6) is -0.761. The van der Waals surface area contributed by atoms with Gasteiger partial charge in [-0.2, -0.15) is 0 Å². The van der Waals surface area contributed by atoms with Gasteiger partial charge in [-0.25, -0.2) is 4.98 Å². The lowest BCUT2D eigenvalue weighted by Crippen LogP contribution is -2.29. The molecule has 0 bridgehead atoms. The normalized spacial score (nSPS) is 17.0. The molecule has 1 aliphatic heterocycles. The molecule has 0 radical (unpaired) electrons. The van der Waals surface area contributed by atoms with Crippen LogP contribution in [0.25, 0.3) is 16.0 Å². The molecule has 1 fully saturated rings. The first-order valence-corrected chi connectivity index (χ1v) is 12.7. The van der Waals surface area contributed by atoms with E-state index in [4.69, 9.17) is 14.5 Å². The third-order valence-electron chi connectivity index (χ3n) is 6.32. The Labute approximate surface area is 218 Å². The van der Waals surface area contributed by atoms with Gasteiger partial charge >= 0.3 is 5.91 Å². The number of hydrogen-bond acceptors (Lipinski definition) is 7. The number of carbonyl (C=O) groups is 2. The molecule has 8 heteroatoms. The summed E-state index contributed by atoms with van der Waals surface area (Å²) in [5.41, 5.74) is 3.87. The fourth-order valence-electron chi connectivity index (χ4n) is 4.69. The lowest BCUT2D eigenvalue weighted by Gasteiger charge is -2.24. The standard InChI is InChI=1S/C29H26N2O5S/c1-5-36-20-12-11-19(15-21(20)35-4)25-23(26(32)18-9-7-6-8-10-18)27(33)28(34)31(25)29-30-24-17(3)13-16(2)14-22(24)37-29/h6-15,25,32H,5H2,1-4H3. The number of nitrogens with zero attached hydrogens (tertiary/aromatic N) is 2. The number of thiazole rings is 1. The second kappa shape index (κ2) is 9.71. The molecule has 1 amide bonds. The number of rotatable bonds is 6. The second-order valence-electron chi connectivity index (χ2n) is 8.80. The van der Waals surface area contributed by atoms with Crippen molar-refractivity contribution in [3.8, 4) is 11.5 Å². The van der Waals surface area contributed by atoms with Gasteiger partial charge < -0.3 is 14.6 Å². The first kappa shape index (κ1) is 24.5. The predicted molar refractivity (Wildman–Crippen MR) is 144 cm³/mol. The Kier molecular flexibility index (Phi) is 6.43. The minimum Gasteiger partial charge on any atom is -0.507 e. The summed E-state index contributed by atoms with van der Waals surface area (Å²) in [6.07, 6.45) is 0. The van der Waals surface area contributed by atoms with Gasteiger partial charge in [0.2, 0.25) is 0 Å². The van der Waals surface area contributed by atoms with Gasteiger partial charge in [0.05, 0.1) is 35.5 Å². The van der Waals surface area contributed by atoms with E-state index in [-0.39, 0.29) is 11.3 Å². The molecule has 0 spiro atoms. The zero-order valence-corrected chi connectivity index (χ0v) is 21.8. The SMILES string of the molecule is CCOc1ccc(C2C(=C(O)c3ccccc3)C(=O)C(=O)N2c2nc3c(C)cc(C)cc3s2)cc1OC. The first-order chi connectivity index (χ1) is 17.8. The number of ketones is 1. The van der Waals surface area contributed by atoms with Crippen molar-refractivity contribution in [2.45, 2.75) is 26.8 Å². The molecule has 1 aromatic heterocycles. The molecule has 1 unspecified atom stereocenters. The van der Waals surface area contributed by atoms with Gasteiger partial charge in [-0.3, -0.25) is 14.5 Å². The maximum atomic E-state index is 13.5. The third kappa shape index (κ3) is 4.23. The van der Waals surface area contributed by atoms with Gasteiger partial charge in [0.25, 0.3) is 5.78 Å². The van der Waals surface area contributed by atoms with Crippen molar-refractivity contribution in [3.63, 3.8) is 0 Å². The number of amides is 1. The number of Topliss-reactive ketones (excluding diaryl/α,β-unsaturated/α-hetero) is 1. The molecule has 2 heterocycles. The van der Waals surface area contributed by atoms with E-state index < -0.39 is 17.7 Å². The largest absolute Gasteiger partial charge is 0.507 e. The number of benzene rings is 3. The van der Waals surface area contributed by atoms with E-state index in [1.54, 1.807) is 42.5 Å². The second-order valence-corrected chi connectivity index (χ2v) is 9.81. The monoisotopic (exact) mass is 514 g/mol. The molecule has 1 saturated heterocycles. The molecule has 1 N–H and O–H groups in total. The van der Waals surface area contributed by atoms with E-state index in [1.165, 1.54) is 23.3 Å². The van der Waals surface area contributed by atoms with Crippen molar-refractivity contribution in [3.05, 3.63) is 88.5 Å². The first-order valence-electron chi connectivity index (χ1n) is 11.9. The Bertz CT molecular complexity index is 1560. The van der Waals surface area contributed by atoms with Crippen molar-refractivity contribution < 1.29 is 24.2 Å². The lowest BCUT2D eigenvalue weighted by molar-refractivity contribution is -0.132. The number of aromatic nitrogens is 1. The van der Waals surface area contributed by atoms with E-state index in [9.17, 15) is 14.7 Å². The number of anilines is 1. The number of carbonyl (C=O) groups excluding carboxylic acids is 2. The molecule has 0 aliphatic carbocycles. The maximum absolute atomic E-state index is 13.5. The van der Waals surface area contributed by atoms with E-state index in [0.29, 0.717) is 34.4 Å². The van der Waals surface area contributed by atoms with Crippen LogP contribution in [0.1, 0.15) is 35.2 Å². The molecular formula is C29H26N2O5S. The van der Waals surface area contributed by atoms with E-state index >= 15 is 0 Å². The maximum Gasteiger partial charge on any atom is 0.301 e. The van der Waals surface area contributed by atoms with Crippen molar-refractivity contribution >= 4 is 44.1 Å². The molecule has 3 aromatic carbocycles. The Morgan fingerprint density at radius 3 is 2.51 bits per heavy atom. The van der Waals surface area contributed by atoms with E-state index in [1.807, 2.05) is 39.0 Å². The summed E-state index contributed by atoms with van der Waals surface area (Å²) >= 11 is 1.34.